The molecule has 4 saturated carbocycles. The van der Waals surface area contributed by atoms with Crippen LogP contribution in [0.3, 0.4) is 0 Å². The van der Waals surface area contributed by atoms with Crippen LogP contribution in [0.25, 0.3) is 5.57 Å². The standard InChI is InChI=1S/C48H72O6/c1-14-15-33-16-18-34(19-17-33)35(29(2)3)20-21-36(43(50)52-28-53-44(51)45(8,9)10)41-38-26-39(49)42-46(11)24-22-31(6)32(7)37(46)23-25-47(42,12)48(38,13)27-40(41)54-30(4)5/h16-19,31-32,37-40,42,49H,4,14-15,20-28H2,1-3,5-13H3/b41-36-/t31-,32+,37+,38+,39-,40?,42+,46+,47+,48+/m1/s1. The monoisotopic (exact) mass is 745 g/mol. The molecule has 0 radical (unpaired) electrons. The van der Waals surface area contributed by atoms with Gasteiger partial charge in [0.25, 0.3) is 0 Å². The van der Waals surface area contributed by atoms with Crippen LogP contribution in [0.5, 0.6) is 0 Å². The maximum Gasteiger partial charge on any atom is 0.336 e. The highest BCUT2D eigenvalue weighted by molar-refractivity contribution is 5.90. The minimum Gasteiger partial charge on any atom is -0.491 e. The van der Waals surface area contributed by atoms with Crippen LogP contribution in [0.15, 0.2) is 53.3 Å². The zero-order chi connectivity index (χ0) is 40.0. The van der Waals surface area contributed by atoms with Gasteiger partial charge in [-0.05, 0) is 167 Å². The van der Waals surface area contributed by atoms with Crippen LogP contribution in [0, 0.1) is 51.2 Å². The van der Waals surface area contributed by atoms with Crippen molar-refractivity contribution in [3.63, 3.8) is 0 Å². The van der Waals surface area contributed by atoms with Gasteiger partial charge in [-0.3, -0.25) is 4.79 Å². The molecule has 0 heterocycles. The number of aliphatic hydroxyl groups is 1. The van der Waals surface area contributed by atoms with Gasteiger partial charge in [0, 0.05) is 5.57 Å². The molecule has 1 aromatic carbocycles. The van der Waals surface area contributed by atoms with Crippen LogP contribution in [-0.4, -0.2) is 36.0 Å². The quantitative estimate of drug-likeness (QED) is 0.105. The predicted octanol–water partition coefficient (Wildman–Crippen LogP) is 11.4. The third kappa shape index (κ3) is 7.76. The van der Waals surface area contributed by atoms with Gasteiger partial charge >= 0.3 is 11.9 Å². The Hall–Kier alpha value is -2.86. The molecule has 10 atom stereocenters. The van der Waals surface area contributed by atoms with Crippen molar-refractivity contribution in [3.8, 4) is 0 Å². The second kappa shape index (κ2) is 15.9. The number of hydrogen-bond donors (Lipinski definition) is 1. The summed E-state index contributed by atoms with van der Waals surface area (Å²) in [4.78, 5) is 27.2. The number of rotatable bonds is 11. The molecule has 54 heavy (non-hydrogen) atoms. The highest BCUT2D eigenvalue weighted by Crippen LogP contribution is 2.74. The van der Waals surface area contributed by atoms with Crippen LogP contribution in [0.1, 0.15) is 152 Å². The summed E-state index contributed by atoms with van der Waals surface area (Å²) in [6, 6.07) is 8.82. The molecule has 1 N–H and O–H groups in total. The van der Waals surface area contributed by atoms with Crippen LogP contribution < -0.4 is 0 Å². The first-order valence-corrected chi connectivity index (χ1v) is 21.0. The number of esters is 2. The normalized spacial score (nSPS) is 35.5. The van der Waals surface area contributed by atoms with E-state index in [1.54, 1.807) is 20.8 Å². The molecule has 1 unspecified atom stereocenters. The summed E-state index contributed by atoms with van der Waals surface area (Å²) < 4.78 is 18.0. The first kappa shape index (κ1) is 42.3. The number of carbonyl (C=O) groups excluding carboxylic acids is 2. The molecular formula is C48H72O6. The van der Waals surface area contributed by atoms with E-state index in [1.165, 1.54) is 23.1 Å². The van der Waals surface area contributed by atoms with E-state index in [4.69, 9.17) is 14.2 Å². The lowest BCUT2D eigenvalue weighted by Gasteiger charge is -2.69. The number of benzene rings is 1. The Morgan fingerprint density at radius 2 is 1.61 bits per heavy atom. The van der Waals surface area contributed by atoms with Gasteiger partial charge in [0.05, 0.1) is 17.3 Å². The first-order valence-electron chi connectivity index (χ1n) is 21.0. The van der Waals surface area contributed by atoms with Gasteiger partial charge < -0.3 is 19.3 Å². The van der Waals surface area contributed by atoms with E-state index in [0.717, 1.165) is 49.7 Å². The molecular weight excluding hydrogens is 673 g/mol. The summed E-state index contributed by atoms with van der Waals surface area (Å²) in [6.45, 7) is 29.6. The summed E-state index contributed by atoms with van der Waals surface area (Å²) in [7, 11) is 0. The zero-order valence-electron chi connectivity index (χ0n) is 35.8. The smallest absolute Gasteiger partial charge is 0.336 e. The van der Waals surface area contributed by atoms with E-state index in [9.17, 15) is 14.7 Å². The highest BCUT2D eigenvalue weighted by atomic mass is 16.7. The molecule has 0 aliphatic heterocycles. The Labute approximate surface area is 327 Å². The Balaban J connectivity index is 1.59. The van der Waals surface area contributed by atoms with Crippen molar-refractivity contribution in [1.29, 1.82) is 0 Å². The SMILES string of the molecule is C=C(C)OC1C[C@@]2(C)[C@@H](C[C@@H](O)[C@H]3[C@@]4(C)CC[C@@H](C)[C@H](C)[C@@H]4CC[C@@]32C)/C1=C(\CCC(=C(C)C)c1ccc(CCC)cc1)C(=O)OCOC(=O)C(C)(C)C. The third-order valence-electron chi connectivity index (χ3n) is 15.2. The number of allylic oxidation sites excluding steroid dienone is 3. The zero-order valence-corrected chi connectivity index (χ0v) is 35.8. The fourth-order valence-electron chi connectivity index (χ4n) is 12.1. The van der Waals surface area contributed by atoms with Crippen molar-refractivity contribution in [1.82, 2.24) is 0 Å². The largest absolute Gasteiger partial charge is 0.491 e. The van der Waals surface area contributed by atoms with Crippen LogP contribution in [-0.2, 0) is 30.2 Å². The molecule has 300 valence electrons. The fourth-order valence-corrected chi connectivity index (χ4v) is 12.1. The van der Waals surface area contributed by atoms with Gasteiger partial charge in [0.15, 0.2) is 0 Å². The van der Waals surface area contributed by atoms with Crippen molar-refractivity contribution in [2.24, 2.45) is 51.2 Å². The molecule has 6 nitrogen and oxygen atoms in total. The van der Waals surface area contributed by atoms with Crippen molar-refractivity contribution < 1.29 is 28.9 Å². The average Bonchev–Trinajstić information content (AvgIpc) is 3.35. The molecule has 0 spiro atoms. The lowest BCUT2D eigenvalue weighted by atomic mass is 9.36. The number of ether oxygens (including phenoxy) is 3. The van der Waals surface area contributed by atoms with Gasteiger partial charge in [-0.15, -0.1) is 0 Å². The summed E-state index contributed by atoms with van der Waals surface area (Å²) in [5, 5.41) is 12.5. The number of aliphatic hydroxyl groups excluding tert-OH is 1. The highest BCUT2D eigenvalue weighted by Gasteiger charge is 2.70. The Bertz CT molecular complexity index is 1620. The van der Waals surface area contributed by atoms with E-state index in [-0.39, 0.29) is 34.2 Å². The molecule has 1 aromatic rings. The fraction of sp³-hybridized carbons (Fsp3) is 0.708. The number of carbonyl (C=O) groups is 2. The van der Waals surface area contributed by atoms with Crippen LogP contribution >= 0.6 is 0 Å². The summed E-state index contributed by atoms with van der Waals surface area (Å²) in [5.41, 5.74) is 5.32. The van der Waals surface area contributed by atoms with E-state index in [2.05, 4.69) is 86.2 Å². The van der Waals surface area contributed by atoms with Crippen LogP contribution in [0.2, 0.25) is 0 Å². The Morgan fingerprint density at radius 1 is 0.944 bits per heavy atom. The van der Waals surface area contributed by atoms with Gasteiger partial charge in [-0.1, -0.05) is 84.4 Å². The Morgan fingerprint density at radius 3 is 2.20 bits per heavy atom. The third-order valence-corrected chi connectivity index (χ3v) is 15.2. The topological polar surface area (TPSA) is 82.1 Å². The van der Waals surface area contributed by atoms with Crippen LogP contribution in [0.4, 0.5) is 0 Å². The lowest BCUT2D eigenvalue weighted by molar-refractivity contribution is -0.229. The summed E-state index contributed by atoms with van der Waals surface area (Å²) in [6.07, 6.45) is 8.21. The minimum absolute atomic E-state index is 0.0488. The predicted molar refractivity (Wildman–Crippen MR) is 218 cm³/mol. The van der Waals surface area contributed by atoms with E-state index >= 15 is 0 Å². The van der Waals surface area contributed by atoms with E-state index < -0.39 is 30.3 Å². The van der Waals surface area contributed by atoms with Crippen molar-refractivity contribution >= 4 is 17.5 Å². The minimum atomic E-state index is -0.722. The van der Waals surface area contributed by atoms with E-state index in [1.807, 2.05) is 6.92 Å². The van der Waals surface area contributed by atoms with Gasteiger partial charge in [0.1, 0.15) is 6.10 Å². The van der Waals surface area contributed by atoms with Gasteiger partial charge in [-0.25, -0.2) is 4.79 Å². The average molecular weight is 745 g/mol. The summed E-state index contributed by atoms with van der Waals surface area (Å²) in [5.74, 6) is 1.69. The maximum absolute atomic E-state index is 14.5. The Kier molecular flexibility index (Phi) is 12.5. The first-order chi connectivity index (χ1) is 25.2. The van der Waals surface area contributed by atoms with Gasteiger partial charge in [0.2, 0.25) is 6.79 Å². The van der Waals surface area contributed by atoms with Crippen molar-refractivity contribution in [2.75, 3.05) is 6.79 Å². The molecule has 5 rings (SSSR count). The molecule has 4 fully saturated rings. The molecule has 0 amide bonds. The maximum atomic E-state index is 14.5. The molecule has 4 aliphatic rings. The molecule has 4 aliphatic carbocycles. The molecule has 0 aromatic heterocycles. The number of hydrogen-bond acceptors (Lipinski definition) is 6. The molecule has 0 saturated heterocycles. The lowest BCUT2D eigenvalue weighted by Crippen LogP contribution is -2.65. The number of fused-ring (bicyclic) bond motifs is 5. The molecule has 0 bridgehead atoms. The van der Waals surface area contributed by atoms with Crippen molar-refractivity contribution in [3.05, 3.63) is 64.4 Å². The second-order valence-electron chi connectivity index (χ2n) is 19.8. The second-order valence-corrected chi connectivity index (χ2v) is 19.8. The summed E-state index contributed by atoms with van der Waals surface area (Å²) >= 11 is 0. The van der Waals surface area contributed by atoms with E-state index in [0.29, 0.717) is 48.3 Å². The van der Waals surface area contributed by atoms with Crippen molar-refractivity contribution in [2.45, 2.75) is 160 Å². The number of aryl methyl sites for hydroxylation is 1. The molecule has 6 heteroatoms. The van der Waals surface area contributed by atoms with Gasteiger partial charge in [-0.2, -0.15) is 0 Å².